The zero-order chi connectivity index (χ0) is 13.4. The second kappa shape index (κ2) is 8.03. The molecule has 0 radical (unpaired) electrons. The van der Waals surface area contributed by atoms with Gasteiger partial charge in [0, 0.05) is 0 Å². The Morgan fingerprint density at radius 3 is 0.812 bits per heavy atom. The molecule has 1 aliphatic carbocycles. The lowest BCUT2D eigenvalue weighted by atomic mass is 9.90. The van der Waals surface area contributed by atoms with Crippen molar-refractivity contribution < 1.29 is 25.3 Å². The van der Waals surface area contributed by atoms with Gasteiger partial charge in [-0.3, -0.25) is 0 Å². The zero-order valence-corrected chi connectivity index (χ0v) is 10.6. The molecule has 0 aromatic carbocycles. The molecular weight excluding hydrogens is 211 g/mol. The predicted molar refractivity (Wildman–Crippen MR) is 63.5 cm³/mol. The lowest BCUT2D eigenvalue weighted by Gasteiger charge is -2.31. The lowest BCUT2D eigenvalue weighted by molar-refractivity contribution is -0.107. The number of rotatable bonds is 1. The molecular formula is C10H25BO5. The van der Waals surface area contributed by atoms with E-state index < -0.39 is 18.5 Å². The summed E-state index contributed by atoms with van der Waals surface area (Å²) in [4.78, 5) is 0. The Morgan fingerprint density at radius 2 is 0.812 bits per heavy atom. The first-order chi connectivity index (χ1) is 6.98. The summed E-state index contributed by atoms with van der Waals surface area (Å²) < 4.78 is 0. The average molecular weight is 236 g/mol. The van der Waals surface area contributed by atoms with Crippen LogP contribution in [0.15, 0.2) is 0 Å². The molecule has 0 aromatic rings. The van der Waals surface area contributed by atoms with Crippen LogP contribution in [0.3, 0.4) is 0 Å². The summed E-state index contributed by atoms with van der Waals surface area (Å²) in [6.07, 6.45) is 6.00. The summed E-state index contributed by atoms with van der Waals surface area (Å²) in [6, 6.07) is 0. The normalized spacial score (nSPS) is 14.8. The molecule has 1 aliphatic rings. The molecule has 16 heavy (non-hydrogen) atoms. The van der Waals surface area contributed by atoms with E-state index in [0.717, 1.165) is 0 Å². The van der Waals surface area contributed by atoms with Crippen LogP contribution in [0, 0.1) is 0 Å². The summed E-state index contributed by atoms with van der Waals surface area (Å²) in [5.41, 5.74) is -2.01. The van der Waals surface area contributed by atoms with Crippen molar-refractivity contribution in [1.29, 1.82) is 0 Å². The van der Waals surface area contributed by atoms with E-state index >= 15 is 0 Å². The molecule has 6 heteroatoms. The van der Waals surface area contributed by atoms with Crippen LogP contribution >= 0.6 is 0 Å². The largest absolute Gasteiger partial charge is 0.631 e. The molecule has 0 spiro atoms. The van der Waals surface area contributed by atoms with Crippen LogP contribution in [0.5, 0.6) is 0 Å². The number of hydrogen-bond acceptors (Lipinski definition) is 5. The Balaban J connectivity index is 0. The van der Waals surface area contributed by atoms with Crippen LogP contribution < -0.4 is 0 Å². The quantitative estimate of drug-likeness (QED) is 0.414. The van der Waals surface area contributed by atoms with Crippen LogP contribution in [0.25, 0.3) is 0 Å². The molecule has 0 bridgehead atoms. The third-order valence-corrected chi connectivity index (χ3v) is 2.50. The van der Waals surface area contributed by atoms with Crippen molar-refractivity contribution in [3.63, 3.8) is 0 Å². The first-order valence-electron chi connectivity index (χ1n) is 5.47. The van der Waals surface area contributed by atoms with Crippen LogP contribution in [0.4, 0.5) is 0 Å². The van der Waals surface area contributed by atoms with E-state index in [1.165, 1.54) is 25.7 Å². The molecule has 0 heterocycles. The Bertz CT molecular complexity index is 137. The minimum atomic E-state index is -2.17. The summed E-state index contributed by atoms with van der Waals surface area (Å²) in [5.74, 6) is 0. The van der Waals surface area contributed by atoms with E-state index in [4.69, 9.17) is 25.3 Å². The van der Waals surface area contributed by atoms with E-state index in [9.17, 15) is 0 Å². The first-order valence-corrected chi connectivity index (χ1v) is 5.47. The molecule has 1 saturated carbocycles. The molecule has 98 valence electrons. The van der Waals surface area contributed by atoms with Crippen molar-refractivity contribution in [2.75, 3.05) is 0 Å². The lowest BCUT2D eigenvalue weighted by Crippen LogP contribution is -2.44. The van der Waals surface area contributed by atoms with Gasteiger partial charge in [0.1, 0.15) is 0 Å². The average Bonchev–Trinajstić information content (AvgIpc) is 1.73. The smallest absolute Gasteiger partial charge is 0.402 e. The number of hydrogen-bond donors (Lipinski definition) is 5. The molecule has 0 aromatic heterocycles. The van der Waals surface area contributed by atoms with E-state index in [1.807, 2.05) is 0 Å². The highest BCUT2D eigenvalue weighted by molar-refractivity contribution is 6.30. The highest BCUT2D eigenvalue weighted by atomic mass is 16.5. The third kappa shape index (κ3) is 13.9. The maximum Gasteiger partial charge on any atom is 0.631 e. The van der Waals surface area contributed by atoms with Crippen molar-refractivity contribution in [3.8, 4) is 0 Å². The highest BCUT2D eigenvalue weighted by Gasteiger charge is 2.31. The minimum absolute atomic E-state index is 1.01. The predicted octanol–water partition coefficient (Wildman–Crippen LogP) is 0.0368. The monoisotopic (exact) mass is 236 g/mol. The van der Waals surface area contributed by atoms with E-state index in [2.05, 4.69) is 0 Å². The van der Waals surface area contributed by atoms with Crippen molar-refractivity contribution in [2.45, 2.75) is 64.6 Å². The van der Waals surface area contributed by atoms with Gasteiger partial charge in [-0.05, 0) is 27.7 Å². The second-order valence-corrected chi connectivity index (χ2v) is 4.88. The van der Waals surface area contributed by atoms with Crippen LogP contribution in [-0.4, -0.2) is 43.8 Å². The summed E-state index contributed by atoms with van der Waals surface area (Å²) in [7, 11) is -2.17. The van der Waals surface area contributed by atoms with Crippen LogP contribution in [-0.2, 0) is 0 Å². The SMILES string of the molecule is C1CCC1.CC(C)(O)C(C)(C)O.OB(O)O. The van der Waals surface area contributed by atoms with Crippen LogP contribution in [0.1, 0.15) is 53.4 Å². The fourth-order valence-corrected chi connectivity index (χ4v) is 0.250. The van der Waals surface area contributed by atoms with Gasteiger partial charge in [0.05, 0.1) is 11.2 Å². The van der Waals surface area contributed by atoms with E-state index in [1.54, 1.807) is 27.7 Å². The van der Waals surface area contributed by atoms with Gasteiger partial charge in [-0.2, -0.15) is 0 Å². The van der Waals surface area contributed by atoms with E-state index in [-0.39, 0.29) is 0 Å². The van der Waals surface area contributed by atoms with Gasteiger partial charge in [-0.15, -0.1) is 0 Å². The molecule has 0 saturated heterocycles. The Morgan fingerprint density at radius 1 is 0.688 bits per heavy atom. The first kappa shape index (κ1) is 18.2. The Labute approximate surface area is 97.9 Å². The summed E-state index contributed by atoms with van der Waals surface area (Å²) in [5, 5.41) is 39.7. The van der Waals surface area contributed by atoms with Gasteiger partial charge in [0.25, 0.3) is 0 Å². The zero-order valence-electron chi connectivity index (χ0n) is 10.6. The fourth-order valence-electron chi connectivity index (χ4n) is 0.250. The minimum Gasteiger partial charge on any atom is -0.402 e. The van der Waals surface area contributed by atoms with Gasteiger partial charge < -0.3 is 25.3 Å². The summed E-state index contributed by atoms with van der Waals surface area (Å²) >= 11 is 0. The van der Waals surface area contributed by atoms with Crippen molar-refractivity contribution in [2.24, 2.45) is 0 Å². The molecule has 0 atom stereocenters. The van der Waals surface area contributed by atoms with Gasteiger partial charge in [-0.1, -0.05) is 25.7 Å². The van der Waals surface area contributed by atoms with Gasteiger partial charge in [-0.25, -0.2) is 0 Å². The topological polar surface area (TPSA) is 101 Å². The molecule has 5 N–H and O–H groups in total. The molecule has 5 nitrogen and oxygen atoms in total. The summed E-state index contributed by atoms with van der Waals surface area (Å²) in [6.45, 7) is 6.31. The van der Waals surface area contributed by atoms with Crippen molar-refractivity contribution >= 4 is 7.32 Å². The second-order valence-electron chi connectivity index (χ2n) is 4.88. The van der Waals surface area contributed by atoms with Gasteiger partial charge >= 0.3 is 7.32 Å². The maximum atomic E-state index is 9.10. The third-order valence-electron chi connectivity index (χ3n) is 2.50. The maximum absolute atomic E-state index is 9.10. The van der Waals surface area contributed by atoms with Gasteiger partial charge in [0.15, 0.2) is 0 Å². The standard InChI is InChI=1S/C6H14O2.C4H8.BH3O3/c1-5(2,7)6(3,4)8;1-2-4-3-1;2-1(3)4/h7-8H,1-4H3;1-4H2;2-4H. The molecule has 1 fully saturated rings. The molecule has 1 rings (SSSR count). The Kier molecular flexibility index (Phi) is 9.15. The molecule has 0 unspecified atom stereocenters. The van der Waals surface area contributed by atoms with Crippen molar-refractivity contribution in [1.82, 2.24) is 0 Å². The number of aliphatic hydroxyl groups is 2. The van der Waals surface area contributed by atoms with E-state index in [0.29, 0.717) is 0 Å². The van der Waals surface area contributed by atoms with Gasteiger partial charge in [0.2, 0.25) is 0 Å². The highest BCUT2D eigenvalue weighted by Crippen LogP contribution is 2.19. The molecule has 0 amide bonds. The fraction of sp³-hybridized carbons (Fsp3) is 1.00. The molecule has 0 aliphatic heterocycles. The Hall–Kier alpha value is -0.135. The van der Waals surface area contributed by atoms with Crippen molar-refractivity contribution in [3.05, 3.63) is 0 Å². The van der Waals surface area contributed by atoms with Crippen LogP contribution in [0.2, 0.25) is 0 Å².